The van der Waals surface area contributed by atoms with E-state index < -0.39 is 12.2 Å². The first kappa shape index (κ1) is 12.0. The van der Waals surface area contributed by atoms with Gasteiger partial charge in [0.25, 0.3) is 0 Å². The monoisotopic (exact) mass is 289 g/mol. The SMILES string of the molecule is OC1CN(Cc2cc(F)cc(Br)c2)CC1O. The van der Waals surface area contributed by atoms with Gasteiger partial charge in [0.05, 0.1) is 12.2 Å². The zero-order valence-corrected chi connectivity index (χ0v) is 10.2. The van der Waals surface area contributed by atoms with Crippen molar-refractivity contribution in [1.82, 2.24) is 4.90 Å². The van der Waals surface area contributed by atoms with Crippen molar-refractivity contribution in [3.05, 3.63) is 34.1 Å². The van der Waals surface area contributed by atoms with Crippen LogP contribution in [0.1, 0.15) is 5.56 Å². The highest BCUT2D eigenvalue weighted by atomic mass is 79.9. The summed E-state index contributed by atoms with van der Waals surface area (Å²) in [5.41, 5.74) is 0.827. The summed E-state index contributed by atoms with van der Waals surface area (Å²) in [4.78, 5) is 1.90. The standard InChI is InChI=1S/C11H13BrFNO2/c12-8-1-7(2-9(13)3-8)4-14-5-10(15)11(16)6-14/h1-3,10-11,15-16H,4-6H2. The molecule has 0 amide bonds. The van der Waals surface area contributed by atoms with E-state index in [4.69, 9.17) is 0 Å². The number of aliphatic hydroxyl groups is 2. The minimum absolute atomic E-state index is 0.287. The highest BCUT2D eigenvalue weighted by molar-refractivity contribution is 9.10. The van der Waals surface area contributed by atoms with E-state index in [2.05, 4.69) is 15.9 Å². The Bertz CT molecular complexity index is 358. The van der Waals surface area contributed by atoms with Crippen molar-refractivity contribution in [3.8, 4) is 0 Å². The lowest BCUT2D eigenvalue weighted by atomic mass is 10.2. The van der Waals surface area contributed by atoms with Crippen LogP contribution >= 0.6 is 15.9 Å². The van der Waals surface area contributed by atoms with Crippen LogP contribution in [-0.4, -0.2) is 40.4 Å². The summed E-state index contributed by atoms with van der Waals surface area (Å²) < 4.78 is 13.8. The van der Waals surface area contributed by atoms with Crippen LogP contribution in [0, 0.1) is 5.82 Å². The Kier molecular flexibility index (Phi) is 3.59. The van der Waals surface area contributed by atoms with Crippen molar-refractivity contribution < 1.29 is 14.6 Å². The van der Waals surface area contributed by atoms with Crippen LogP contribution in [0.3, 0.4) is 0 Å². The molecule has 5 heteroatoms. The Morgan fingerprint density at radius 1 is 1.25 bits per heavy atom. The topological polar surface area (TPSA) is 43.7 Å². The average Bonchev–Trinajstić information content (AvgIpc) is 2.43. The number of β-amino-alcohol motifs (C(OH)–C–C–N with tert-alkyl or cyclic N) is 2. The number of halogens is 2. The average molecular weight is 290 g/mol. The van der Waals surface area contributed by atoms with Gasteiger partial charge in [-0.3, -0.25) is 4.90 Å². The molecule has 1 saturated heterocycles. The fourth-order valence-corrected chi connectivity index (χ4v) is 2.45. The third kappa shape index (κ3) is 2.79. The van der Waals surface area contributed by atoms with Gasteiger partial charge < -0.3 is 10.2 Å². The van der Waals surface area contributed by atoms with Crippen LogP contribution in [0.2, 0.25) is 0 Å². The molecule has 2 N–H and O–H groups in total. The Morgan fingerprint density at radius 3 is 2.44 bits per heavy atom. The first-order valence-corrected chi connectivity index (χ1v) is 5.87. The summed E-state index contributed by atoms with van der Waals surface area (Å²) in [5.74, 6) is -0.287. The number of likely N-dealkylation sites (tertiary alicyclic amines) is 1. The van der Waals surface area contributed by atoms with E-state index >= 15 is 0 Å². The molecule has 1 aliphatic heterocycles. The van der Waals surface area contributed by atoms with Gasteiger partial charge in [-0.05, 0) is 23.8 Å². The normalized spacial score (nSPS) is 26.2. The zero-order valence-electron chi connectivity index (χ0n) is 8.61. The molecule has 1 heterocycles. The second-order valence-corrected chi connectivity index (χ2v) is 5.02. The minimum Gasteiger partial charge on any atom is -0.389 e. The van der Waals surface area contributed by atoms with Crippen molar-refractivity contribution >= 4 is 15.9 Å². The van der Waals surface area contributed by atoms with Gasteiger partial charge in [-0.1, -0.05) is 15.9 Å². The molecule has 0 saturated carbocycles. The summed E-state index contributed by atoms with van der Waals surface area (Å²) in [5, 5.41) is 18.8. The maximum atomic E-state index is 13.1. The molecule has 1 fully saturated rings. The molecule has 2 unspecified atom stereocenters. The van der Waals surface area contributed by atoms with Gasteiger partial charge in [-0.15, -0.1) is 0 Å². The largest absolute Gasteiger partial charge is 0.389 e. The maximum Gasteiger partial charge on any atom is 0.124 e. The lowest BCUT2D eigenvalue weighted by molar-refractivity contribution is 0.0572. The fraction of sp³-hybridized carbons (Fsp3) is 0.455. The van der Waals surface area contributed by atoms with Gasteiger partial charge in [-0.2, -0.15) is 0 Å². The third-order valence-electron chi connectivity index (χ3n) is 2.66. The Balaban J connectivity index is 2.04. The second-order valence-electron chi connectivity index (χ2n) is 4.11. The number of hydrogen-bond acceptors (Lipinski definition) is 3. The van der Waals surface area contributed by atoms with E-state index in [-0.39, 0.29) is 5.82 Å². The fourth-order valence-electron chi connectivity index (χ4n) is 1.94. The quantitative estimate of drug-likeness (QED) is 0.858. The van der Waals surface area contributed by atoms with Crippen molar-refractivity contribution in [3.63, 3.8) is 0 Å². The molecule has 0 spiro atoms. The van der Waals surface area contributed by atoms with Crippen molar-refractivity contribution in [2.24, 2.45) is 0 Å². The number of benzene rings is 1. The van der Waals surface area contributed by atoms with Gasteiger partial charge >= 0.3 is 0 Å². The molecule has 88 valence electrons. The van der Waals surface area contributed by atoms with Gasteiger partial charge in [0.15, 0.2) is 0 Å². The smallest absolute Gasteiger partial charge is 0.124 e. The van der Waals surface area contributed by atoms with Crippen LogP contribution in [0.15, 0.2) is 22.7 Å². The first-order valence-electron chi connectivity index (χ1n) is 5.08. The molecule has 16 heavy (non-hydrogen) atoms. The molecule has 1 aliphatic rings. The molecule has 1 aromatic carbocycles. The number of aliphatic hydroxyl groups excluding tert-OH is 2. The number of nitrogens with zero attached hydrogens (tertiary/aromatic N) is 1. The van der Waals surface area contributed by atoms with Crippen molar-refractivity contribution in [2.45, 2.75) is 18.8 Å². The van der Waals surface area contributed by atoms with E-state index in [9.17, 15) is 14.6 Å². The van der Waals surface area contributed by atoms with Crippen LogP contribution in [0.25, 0.3) is 0 Å². The molecule has 2 rings (SSSR count). The number of rotatable bonds is 2. The zero-order chi connectivity index (χ0) is 11.7. The van der Waals surface area contributed by atoms with Crippen LogP contribution < -0.4 is 0 Å². The Labute approximate surface area is 102 Å². The minimum atomic E-state index is -0.697. The van der Waals surface area contributed by atoms with Crippen molar-refractivity contribution in [2.75, 3.05) is 13.1 Å². The summed E-state index contributed by atoms with van der Waals surface area (Å²) in [7, 11) is 0. The van der Waals surface area contributed by atoms with E-state index in [0.29, 0.717) is 24.1 Å². The van der Waals surface area contributed by atoms with Gasteiger partial charge in [0.2, 0.25) is 0 Å². The molecule has 0 bridgehead atoms. The summed E-state index contributed by atoms with van der Waals surface area (Å²) >= 11 is 3.23. The highest BCUT2D eigenvalue weighted by Crippen LogP contribution is 2.18. The summed E-state index contributed by atoms with van der Waals surface area (Å²) in [6.45, 7) is 1.38. The third-order valence-corrected chi connectivity index (χ3v) is 3.12. The molecule has 1 aromatic rings. The molecular weight excluding hydrogens is 277 g/mol. The van der Waals surface area contributed by atoms with Crippen LogP contribution in [0.4, 0.5) is 4.39 Å². The Morgan fingerprint density at radius 2 is 1.88 bits per heavy atom. The Hall–Kier alpha value is -0.490. The van der Waals surface area contributed by atoms with E-state index in [1.165, 1.54) is 12.1 Å². The van der Waals surface area contributed by atoms with Gasteiger partial charge in [0, 0.05) is 24.1 Å². The lowest BCUT2D eigenvalue weighted by Crippen LogP contribution is -2.22. The van der Waals surface area contributed by atoms with E-state index in [1.54, 1.807) is 0 Å². The molecule has 0 aliphatic carbocycles. The maximum absolute atomic E-state index is 13.1. The van der Waals surface area contributed by atoms with Gasteiger partial charge in [-0.25, -0.2) is 4.39 Å². The molecule has 0 radical (unpaired) electrons. The summed E-state index contributed by atoms with van der Waals surface area (Å²) in [6, 6.07) is 4.69. The highest BCUT2D eigenvalue weighted by Gasteiger charge is 2.29. The second kappa shape index (κ2) is 4.79. The molecule has 3 nitrogen and oxygen atoms in total. The predicted molar refractivity (Wildman–Crippen MR) is 61.4 cm³/mol. The predicted octanol–water partition coefficient (Wildman–Crippen LogP) is 1.13. The van der Waals surface area contributed by atoms with E-state index in [1.807, 2.05) is 11.0 Å². The lowest BCUT2D eigenvalue weighted by Gasteiger charge is -2.14. The van der Waals surface area contributed by atoms with Gasteiger partial charge in [0.1, 0.15) is 5.82 Å². The molecule has 2 atom stereocenters. The summed E-state index contributed by atoms with van der Waals surface area (Å²) in [6.07, 6.45) is -1.39. The molecule has 0 aromatic heterocycles. The van der Waals surface area contributed by atoms with E-state index in [0.717, 1.165) is 5.56 Å². The number of hydrogen-bond donors (Lipinski definition) is 2. The first-order chi connectivity index (χ1) is 7.54. The van der Waals surface area contributed by atoms with Crippen LogP contribution in [-0.2, 0) is 6.54 Å². The van der Waals surface area contributed by atoms with Crippen LogP contribution in [0.5, 0.6) is 0 Å². The molecular formula is C11H13BrFNO2. The van der Waals surface area contributed by atoms with Crippen molar-refractivity contribution in [1.29, 1.82) is 0 Å².